The molecule has 0 atom stereocenters. The van der Waals surface area contributed by atoms with Crippen LogP contribution in [0.3, 0.4) is 0 Å². The first kappa shape index (κ1) is 16.2. The lowest BCUT2D eigenvalue weighted by Gasteiger charge is -2.11. The summed E-state index contributed by atoms with van der Waals surface area (Å²) < 4.78 is 12.8. The second-order valence-corrected chi connectivity index (χ2v) is 6.06. The number of rotatable bonds is 8. The van der Waals surface area contributed by atoms with Crippen molar-refractivity contribution in [1.29, 1.82) is 0 Å². The fourth-order valence-corrected chi connectivity index (χ4v) is 2.67. The minimum absolute atomic E-state index is 0.740. The molecule has 0 radical (unpaired) electrons. The third-order valence-electron chi connectivity index (χ3n) is 2.52. The van der Waals surface area contributed by atoms with Crippen molar-refractivity contribution in [1.82, 2.24) is 0 Å². The smallest absolute Gasteiger partial charge is 0.134 e. The van der Waals surface area contributed by atoms with Crippen molar-refractivity contribution in [2.24, 2.45) is 0 Å². The molecule has 0 amide bonds. The molecule has 0 fully saturated rings. The van der Waals surface area contributed by atoms with Crippen molar-refractivity contribution >= 4 is 44.5 Å². The van der Waals surface area contributed by atoms with E-state index in [4.69, 9.17) is 9.47 Å². The molecule has 0 N–H and O–H groups in total. The van der Waals surface area contributed by atoms with Crippen LogP contribution < -0.4 is 9.47 Å². The first-order valence-corrected chi connectivity index (χ1v) is 8.17. The van der Waals surface area contributed by atoms with Crippen molar-refractivity contribution in [2.45, 2.75) is 25.7 Å². The number of unbranched alkanes of at least 4 members (excludes halogenated alkanes) is 3. The van der Waals surface area contributed by atoms with Crippen LogP contribution in [0, 0.1) is 0 Å². The molecule has 0 saturated heterocycles. The van der Waals surface area contributed by atoms with E-state index >= 15 is 0 Å². The number of ether oxygens (including phenoxy) is 2. The third-order valence-corrected chi connectivity index (χ3v) is 4.07. The maximum Gasteiger partial charge on any atom is 0.134 e. The van der Waals surface area contributed by atoms with E-state index in [1.807, 2.05) is 12.1 Å². The van der Waals surface area contributed by atoms with Gasteiger partial charge in [-0.3, -0.25) is 0 Å². The number of hydrogen-bond acceptors (Lipinski definition) is 3. The Hall–Kier alpha value is 0.130. The fraction of sp³-hybridized carbons (Fsp3) is 0.538. The molecule has 0 aliphatic heterocycles. The predicted molar refractivity (Wildman–Crippen MR) is 86.2 cm³/mol. The Balaban J connectivity index is 2.40. The first-order chi connectivity index (χ1) is 8.69. The van der Waals surface area contributed by atoms with Gasteiger partial charge in [0.2, 0.25) is 0 Å². The Morgan fingerprint density at radius 1 is 1.00 bits per heavy atom. The second-order valence-electron chi connectivity index (χ2n) is 3.90. The molecule has 0 heterocycles. The van der Waals surface area contributed by atoms with E-state index in [1.54, 1.807) is 7.11 Å². The van der Waals surface area contributed by atoms with Crippen LogP contribution in [0.5, 0.6) is 11.5 Å². The molecule has 0 spiro atoms. The molecule has 102 valence electrons. The van der Waals surface area contributed by atoms with Gasteiger partial charge in [-0.1, -0.05) is 12.8 Å². The zero-order valence-corrected chi connectivity index (χ0v) is 14.5. The molecule has 5 heteroatoms. The number of halogens is 2. The Morgan fingerprint density at radius 3 is 2.28 bits per heavy atom. The van der Waals surface area contributed by atoms with Gasteiger partial charge in [0.1, 0.15) is 11.5 Å². The van der Waals surface area contributed by atoms with Crippen molar-refractivity contribution in [3.63, 3.8) is 0 Å². The minimum atomic E-state index is 0.740. The van der Waals surface area contributed by atoms with Gasteiger partial charge in [-0.05, 0) is 62.6 Å². The summed E-state index contributed by atoms with van der Waals surface area (Å²) in [6.45, 7) is 0.740. The SMILES string of the molecule is COc1cc(Br)c(OCCCCCCS)cc1Br. The molecule has 0 aliphatic rings. The van der Waals surface area contributed by atoms with Crippen LogP contribution >= 0.6 is 44.5 Å². The summed E-state index contributed by atoms with van der Waals surface area (Å²) in [5.41, 5.74) is 0. The van der Waals surface area contributed by atoms with E-state index in [9.17, 15) is 0 Å². The fourth-order valence-electron chi connectivity index (χ4n) is 1.53. The monoisotopic (exact) mass is 396 g/mol. The van der Waals surface area contributed by atoms with Crippen LogP contribution in [-0.4, -0.2) is 19.5 Å². The summed E-state index contributed by atoms with van der Waals surface area (Å²) in [4.78, 5) is 0. The summed E-state index contributed by atoms with van der Waals surface area (Å²) in [5, 5.41) is 0. The number of hydrogen-bond donors (Lipinski definition) is 1. The van der Waals surface area contributed by atoms with Gasteiger partial charge in [0, 0.05) is 0 Å². The Kier molecular flexibility index (Phi) is 8.18. The maximum atomic E-state index is 5.75. The molecular formula is C13H18Br2O2S. The van der Waals surface area contributed by atoms with Crippen molar-refractivity contribution < 1.29 is 9.47 Å². The summed E-state index contributed by atoms with van der Waals surface area (Å²) in [5.74, 6) is 2.61. The van der Waals surface area contributed by atoms with Crippen LogP contribution in [0.25, 0.3) is 0 Å². The van der Waals surface area contributed by atoms with Crippen molar-refractivity contribution in [3.8, 4) is 11.5 Å². The number of benzene rings is 1. The highest BCUT2D eigenvalue weighted by molar-refractivity contribution is 9.11. The third kappa shape index (κ3) is 5.41. The number of thiol groups is 1. The number of methoxy groups -OCH3 is 1. The van der Waals surface area contributed by atoms with Gasteiger partial charge in [0.25, 0.3) is 0 Å². The Labute approximate surface area is 131 Å². The highest BCUT2D eigenvalue weighted by Gasteiger charge is 2.07. The van der Waals surface area contributed by atoms with E-state index in [2.05, 4.69) is 44.5 Å². The molecule has 18 heavy (non-hydrogen) atoms. The Morgan fingerprint density at radius 2 is 1.61 bits per heavy atom. The van der Waals surface area contributed by atoms with Gasteiger partial charge in [0.15, 0.2) is 0 Å². The van der Waals surface area contributed by atoms with Gasteiger partial charge in [-0.2, -0.15) is 12.6 Å². The van der Waals surface area contributed by atoms with Crippen LogP contribution in [0.15, 0.2) is 21.1 Å². The molecule has 0 aromatic heterocycles. The average Bonchev–Trinajstić information content (AvgIpc) is 2.37. The molecular weight excluding hydrogens is 380 g/mol. The summed E-state index contributed by atoms with van der Waals surface area (Å²) in [6.07, 6.45) is 4.67. The quantitative estimate of drug-likeness (QED) is 0.486. The van der Waals surface area contributed by atoms with Crippen molar-refractivity contribution in [2.75, 3.05) is 19.5 Å². The first-order valence-electron chi connectivity index (χ1n) is 5.95. The minimum Gasteiger partial charge on any atom is -0.496 e. The zero-order chi connectivity index (χ0) is 13.4. The molecule has 0 bridgehead atoms. The molecule has 0 aliphatic carbocycles. The van der Waals surface area contributed by atoms with E-state index in [1.165, 1.54) is 19.3 Å². The lowest BCUT2D eigenvalue weighted by molar-refractivity contribution is 0.302. The van der Waals surface area contributed by atoms with E-state index in [0.717, 1.165) is 39.2 Å². The highest BCUT2D eigenvalue weighted by Crippen LogP contribution is 2.36. The zero-order valence-electron chi connectivity index (χ0n) is 10.4. The highest BCUT2D eigenvalue weighted by atomic mass is 79.9. The van der Waals surface area contributed by atoms with Crippen LogP contribution in [-0.2, 0) is 0 Å². The molecule has 1 rings (SSSR count). The standard InChI is InChI=1S/C13H18Br2O2S/c1-16-12-8-11(15)13(9-10(12)14)17-6-4-2-3-5-7-18/h8-9,18H,2-7H2,1H3. The lowest BCUT2D eigenvalue weighted by atomic mass is 10.2. The van der Waals surface area contributed by atoms with Gasteiger partial charge in [-0.25, -0.2) is 0 Å². The van der Waals surface area contributed by atoms with Crippen LogP contribution in [0.2, 0.25) is 0 Å². The van der Waals surface area contributed by atoms with Crippen molar-refractivity contribution in [3.05, 3.63) is 21.1 Å². The second kappa shape index (κ2) is 9.10. The predicted octanol–water partition coefficient (Wildman–Crippen LogP) is 5.09. The van der Waals surface area contributed by atoms with Gasteiger partial charge in [-0.15, -0.1) is 0 Å². The van der Waals surface area contributed by atoms with Gasteiger partial charge in [0.05, 0.1) is 22.7 Å². The van der Waals surface area contributed by atoms with E-state index in [0.29, 0.717) is 0 Å². The van der Waals surface area contributed by atoms with E-state index < -0.39 is 0 Å². The molecule has 0 unspecified atom stereocenters. The Bertz CT molecular complexity index is 372. The van der Waals surface area contributed by atoms with Gasteiger partial charge < -0.3 is 9.47 Å². The van der Waals surface area contributed by atoms with Crippen LogP contribution in [0.1, 0.15) is 25.7 Å². The van der Waals surface area contributed by atoms with Gasteiger partial charge >= 0.3 is 0 Å². The normalized spacial score (nSPS) is 10.4. The molecule has 2 nitrogen and oxygen atoms in total. The maximum absolute atomic E-state index is 5.75. The summed E-state index contributed by atoms with van der Waals surface area (Å²) in [7, 11) is 1.65. The largest absolute Gasteiger partial charge is 0.496 e. The average molecular weight is 398 g/mol. The molecule has 0 saturated carbocycles. The molecule has 1 aromatic rings. The topological polar surface area (TPSA) is 18.5 Å². The van der Waals surface area contributed by atoms with E-state index in [-0.39, 0.29) is 0 Å². The molecule has 1 aromatic carbocycles. The summed E-state index contributed by atoms with van der Waals surface area (Å²) >= 11 is 11.1. The van der Waals surface area contributed by atoms with Crippen LogP contribution in [0.4, 0.5) is 0 Å². The lowest BCUT2D eigenvalue weighted by Crippen LogP contribution is -1.98. The summed E-state index contributed by atoms with van der Waals surface area (Å²) in [6, 6.07) is 3.83.